The first-order chi connectivity index (χ1) is 10.1. The molecule has 0 spiro atoms. The topological polar surface area (TPSA) is 97.1 Å². The molecule has 0 bridgehead atoms. The lowest BCUT2D eigenvalue weighted by Gasteiger charge is -2.06. The predicted molar refractivity (Wildman–Crippen MR) is 72.4 cm³/mol. The van der Waals surface area contributed by atoms with Crippen LogP contribution in [0, 0.1) is 11.8 Å². The van der Waals surface area contributed by atoms with Gasteiger partial charge < -0.3 is 10.4 Å². The SMILES string of the molecule is O=C(O)[C@H]1C[C@H]1C(=O)NCc1ccc(-n2cncn2)cc1. The van der Waals surface area contributed by atoms with Crippen LogP contribution in [-0.2, 0) is 16.1 Å². The van der Waals surface area contributed by atoms with Crippen LogP contribution < -0.4 is 5.32 Å². The molecule has 2 aromatic rings. The van der Waals surface area contributed by atoms with Gasteiger partial charge in [-0.1, -0.05) is 12.1 Å². The molecule has 1 fully saturated rings. The fourth-order valence-corrected chi connectivity index (χ4v) is 2.19. The Bertz CT molecular complexity index is 651. The van der Waals surface area contributed by atoms with Crippen molar-refractivity contribution in [3.8, 4) is 5.69 Å². The average molecular weight is 286 g/mol. The second kappa shape index (κ2) is 5.35. The van der Waals surface area contributed by atoms with Crippen LogP contribution in [0.5, 0.6) is 0 Å². The van der Waals surface area contributed by atoms with E-state index >= 15 is 0 Å². The van der Waals surface area contributed by atoms with Crippen LogP contribution in [0.2, 0.25) is 0 Å². The molecule has 3 rings (SSSR count). The van der Waals surface area contributed by atoms with Gasteiger partial charge in [0.15, 0.2) is 0 Å². The van der Waals surface area contributed by atoms with Crippen molar-refractivity contribution >= 4 is 11.9 Å². The molecule has 7 heteroatoms. The van der Waals surface area contributed by atoms with Gasteiger partial charge in [-0.15, -0.1) is 0 Å². The summed E-state index contributed by atoms with van der Waals surface area (Å²) in [6.07, 6.45) is 3.50. The zero-order valence-corrected chi connectivity index (χ0v) is 11.1. The molecule has 108 valence electrons. The van der Waals surface area contributed by atoms with E-state index in [4.69, 9.17) is 5.11 Å². The van der Waals surface area contributed by atoms with E-state index in [1.807, 2.05) is 24.3 Å². The van der Waals surface area contributed by atoms with Crippen molar-refractivity contribution in [2.45, 2.75) is 13.0 Å². The first-order valence-corrected chi connectivity index (χ1v) is 6.59. The Balaban J connectivity index is 1.54. The molecule has 1 saturated carbocycles. The van der Waals surface area contributed by atoms with Crippen LogP contribution in [0.3, 0.4) is 0 Å². The Hall–Kier alpha value is -2.70. The third kappa shape index (κ3) is 2.91. The van der Waals surface area contributed by atoms with E-state index in [9.17, 15) is 9.59 Å². The van der Waals surface area contributed by atoms with Gasteiger partial charge in [-0.25, -0.2) is 9.67 Å². The standard InChI is InChI=1S/C14H14N4O3/c19-13(11-5-12(11)14(20)21)16-6-9-1-3-10(4-2-9)18-8-15-7-17-18/h1-4,7-8,11-12H,5-6H2,(H,16,19)(H,20,21)/t11-,12+/m1/s1. The Morgan fingerprint density at radius 2 is 2.05 bits per heavy atom. The molecule has 1 aliphatic carbocycles. The highest BCUT2D eigenvalue weighted by Gasteiger charge is 2.48. The summed E-state index contributed by atoms with van der Waals surface area (Å²) in [6, 6.07) is 7.54. The van der Waals surface area contributed by atoms with Gasteiger partial charge in [-0.2, -0.15) is 5.10 Å². The predicted octanol–water partition coefficient (Wildman–Crippen LogP) is 0.604. The van der Waals surface area contributed by atoms with Crippen molar-refractivity contribution in [2.75, 3.05) is 0 Å². The highest BCUT2D eigenvalue weighted by atomic mass is 16.4. The summed E-state index contributed by atoms with van der Waals surface area (Å²) < 4.78 is 1.64. The van der Waals surface area contributed by atoms with E-state index < -0.39 is 11.9 Å². The number of carboxylic acid groups (broad SMARTS) is 1. The van der Waals surface area contributed by atoms with Crippen molar-refractivity contribution in [3.05, 3.63) is 42.5 Å². The normalized spacial score (nSPS) is 20.0. The maximum absolute atomic E-state index is 11.8. The van der Waals surface area contributed by atoms with Gasteiger partial charge in [0, 0.05) is 6.54 Å². The van der Waals surface area contributed by atoms with Gasteiger partial charge in [-0.05, 0) is 24.1 Å². The highest BCUT2D eigenvalue weighted by molar-refractivity contribution is 5.89. The lowest BCUT2D eigenvalue weighted by atomic mass is 10.2. The maximum atomic E-state index is 11.8. The van der Waals surface area contributed by atoms with Gasteiger partial charge in [0.05, 0.1) is 17.5 Å². The number of rotatable bonds is 5. The average Bonchev–Trinajstić information content (AvgIpc) is 3.12. The third-order valence-electron chi connectivity index (χ3n) is 3.53. The smallest absolute Gasteiger partial charge is 0.307 e. The van der Waals surface area contributed by atoms with E-state index in [1.165, 1.54) is 6.33 Å². The molecule has 1 aromatic carbocycles. The van der Waals surface area contributed by atoms with Gasteiger partial charge in [-0.3, -0.25) is 9.59 Å². The Morgan fingerprint density at radius 3 is 2.62 bits per heavy atom. The van der Waals surface area contributed by atoms with Crippen molar-refractivity contribution in [1.82, 2.24) is 20.1 Å². The van der Waals surface area contributed by atoms with Gasteiger partial charge in [0.1, 0.15) is 12.7 Å². The fraction of sp³-hybridized carbons (Fsp3) is 0.286. The minimum Gasteiger partial charge on any atom is -0.481 e. The highest BCUT2D eigenvalue weighted by Crippen LogP contribution is 2.38. The van der Waals surface area contributed by atoms with Crippen molar-refractivity contribution in [2.24, 2.45) is 11.8 Å². The summed E-state index contributed by atoms with van der Waals surface area (Å²) in [5.74, 6) is -1.98. The second-order valence-electron chi connectivity index (χ2n) is 5.01. The molecule has 2 atom stereocenters. The molecule has 1 aromatic heterocycles. The van der Waals surface area contributed by atoms with E-state index in [-0.39, 0.29) is 11.8 Å². The molecule has 7 nitrogen and oxygen atoms in total. The maximum Gasteiger partial charge on any atom is 0.307 e. The second-order valence-corrected chi connectivity index (χ2v) is 5.01. The van der Waals surface area contributed by atoms with Crippen LogP contribution in [0.25, 0.3) is 5.69 Å². The number of aliphatic carboxylic acids is 1. The van der Waals surface area contributed by atoms with E-state index in [2.05, 4.69) is 15.4 Å². The van der Waals surface area contributed by atoms with Crippen molar-refractivity contribution in [1.29, 1.82) is 0 Å². The number of amides is 1. The molecule has 0 saturated heterocycles. The summed E-state index contributed by atoms with van der Waals surface area (Å²) in [5.41, 5.74) is 1.83. The number of carbonyl (C=O) groups is 2. The van der Waals surface area contributed by atoms with Crippen molar-refractivity contribution < 1.29 is 14.7 Å². The van der Waals surface area contributed by atoms with E-state index in [1.54, 1.807) is 11.0 Å². The lowest BCUT2D eigenvalue weighted by molar-refractivity contribution is -0.140. The molecule has 1 heterocycles. The number of hydrogen-bond donors (Lipinski definition) is 2. The number of hydrogen-bond acceptors (Lipinski definition) is 4. The summed E-state index contributed by atoms with van der Waals surface area (Å²) in [5, 5.41) is 15.6. The molecule has 21 heavy (non-hydrogen) atoms. The first-order valence-electron chi connectivity index (χ1n) is 6.59. The van der Waals surface area contributed by atoms with Crippen LogP contribution in [0.1, 0.15) is 12.0 Å². The van der Waals surface area contributed by atoms with Gasteiger partial charge in [0.25, 0.3) is 0 Å². The van der Waals surface area contributed by atoms with Crippen molar-refractivity contribution in [3.63, 3.8) is 0 Å². The van der Waals surface area contributed by atoms with Gasteiger partial charge >= 0.3 is 5.97 Å². The number of nitrogens with one attached hydrogen (secondary N) is 1. The van der Waals surface area contributed by atoms with E-state index in [0.717, 1.165) is 11.3 Å². The number of carbonyl (C=O) groups excluding carboxylic acids is 1. The Morgan fingerprint density at radius 1 is 1.29 bits per heavy atom. The van der Waals surface area contributed by atoms with Gasteiger partial charge in [0.2, 0.25) is 5.91 Å². The minimum absolute atomic E-state index is 0.192. The van der Waals surface area contributed by atoms with Crippen LogP contribution >= 0.6 is 0 Å². The molecule has 2 N–H and O–H groups in total. The monoisotopic (exact) mass is 286 g/mol. The minimum atomic E-state index is -0.896. The zero-order chi connectivity index (χ0) is 14.8. The van der Waals surface area contributed by atoms with Crippen LogP contribution in [0.15, 0.2) is 36.9 Å². The summed E-state index contributed by atoms with van der Waals surface area (Å²) in [7, 11) is 0. The third-order valence-corrected chi connectivity index (χ3v) is 3.53. The molecular formula is C14H14N4O3. The summed E-state index contributed by atoms with van der Waals surface area (Å²) in [4.78, 5) is 26.3. The summed E-state index contributed by atoms with van der Waals surface area (Å²) >= 11 is 0. The summed E-state index contributed by atoms with van der Waals surface area (Å²) in [6.45, 7) is 0.388. The zero-order valence-electron chi connectivity index (χ0n) is 11.1. The Labute approximate surface area is 120 Å². The molecule has 0 radical (unpaired) electrons. The first kappa shape index (κ1) is 13.3. The largest absolute Gasteiger partial charge is 0.481 e. The molecule has 0 aliphatic heterocycles. The van der Waals surface area contributed by atoms with E-state index in [0.29, 0.717) is 13.0 Å². The number of benzene rings is 1. The lowest BCUT2D eigenvalue weighted by Crippen LogP contribution is -2.25. The van der Waals surface area contributed by atoms with Crippen LogP contribution in [0.4, 0.5) is 0 Å². The molecule has 1 amide bonds. The molecular weight excluding hydrogens is 272 g/mol. The number of nitrogens with zero attached hydrogens (tertiary/aromatic N) is 3. The van der Waals surface area contributed by atoms with Crippen LogP contribution in [-0.4, -0.2) is 31.7 Å². The number of aromatic nitrogens is 3. The molecule has 0 unspecified atom stereocenters. The number of carboxylic acids is 1. The fourth-order valence-electron chi connectivity index (χ4n) is 2.19. The Kier molecular flexibility index (Phi) is 3.39. The quantitative estimate of drug-likeness (QED) is 0.839. The molecule has 1 aliphatic rings.